The summed E-state index contributed by atoms with van der Waals surface area (Å²) >= 11 is 3.19. The van der Waals surface area contributed by atoms with Gasteiger partial charge in [0, 0.05) is 32.3 Å². The van der Waals surface area contributed by atoms with E-state index in [1.807, 2.05) is 48.0 Å². The third-order valence-corrected chi connectivity index (χ3v) is 5.48. The molecule has 132 valence electrons. The van der Waals surface area contributed by atoms with E-state index in [-0.39, 0.29) is 5.91 Å². The Morgan fingerprint density at radius 2 is 2.04 bits per heavy atom. The van der Waals surface area contributed by atoms with Crippen molar-refractivity contribution in [2.75, 3.05) is 17.3 Å². The number of benzene rings is 2. The normalized spacial score (nSPS) is 10.5. The molecule has 0 spiro atoms. The fraction of sp³-hybridized carbons (Fsp3) is 0.100. The maximum atomic E-state index is 12.2. The van der Waals surface area contributed by atoms with Crippen LogP contribution in [0.4, 0.5) is 11.4 Å². The molecule has 3 rings (SSSR count). The first-order valence-electron chi connectivity index (χ1n) is 8.02. The number of hydrogen-bond acceptors (Lipinski definition) is 5. The van der Waals surface area contributed by atoms with Crippen LogP contribution in [-0.4, -0.2) is 17.9 Å². The van der Waals surface area contributed by atoms with Gasteiger partial charge in [-0.1, -0.05) is 18.2 Å². The van der Waals surface area contributed by atoms with Crippen LogP contribution < -0.4 is 11.1 Å². The molecular formula is C20H19N3OS2. The van der Waals surface area contributed by atoms with Gasteiger partial charge >= 0.3 is 0 Å². The summed E-state index contributed by atoms with van der Waals surface area (Å²) in [6.45, 7) is 0. The fourth-order valence-corrected chi connectivity index (χ4v) is 3.72. The number of nitrogen functional groups attached to an aromatic ring is 1. The maximum Gasteiger partial charge on any atom is 0.229 e. The van der Waals surface area contributed by atoms with Crippen molar-refractivity contribution in [1.29, 1.82) is 5.41 Å². The van der Waals surface area contributed by atoms with Crippen LogP contribution in [0.1, 0.15) is 16.0 Å². The van der Waals surface area contributed by atoms with Crippen molar-refractivity contribution in [3.63, 3.8) is 0 Å². The Morgan fingerprint density at radius 3 is 2.77 bits per heavy atom. The first-order chi connectivity index (χ1) is 12.6. The van der Waals surface area contributed by atoms with E-state index in [0.29, 0.717) is 29.1 Å². The van der Waals surface area contributed by atoms with Crippen molar-refractivity contribution in [1.82, 2.24) is 0 Å². The number of amides is 1. The SMILES string of the molecule is CSc1cccc(C(=N)c2cc(NC(=O)Cc3cccs3)ccc2N)c1. The quantitative estimate of drug-likeness (QED) is 0.330. The van der Waals surface area contributed by atoms with Crippen molar-refractivity contribution < 1.29 is 4.79 Å². The minimum Gasteiger partial charge on any atom is -0.398 e. The lowest BCUT2D eigenvalue weighted by atomic mass is 10.0. The van der Waals surface area contributed by atoms with Crippen LogP contribution in [-0.2, 0) is 11.2 Å². The number of thiophene rings is 1. The molecule has 4 nitrogen and oxygen atoms in total. The zero-order chi connectivity index (χ0) is 18.5. The van der Waals surface area contributed by atoms with Crippen LogP contribution in [0, 0.1) is 5.41 Å². The number of carbonyl (C=O) groups is 1. The molecule has 1 aromatic heterocycles. The van der Waals surface area contributed by atoms with Crippen LogP contribution >= 0.6 is 23.1 Å². The smallest absolute Gasteiger partial charge is 0.229 e. The molecule has 0 saturated carbocycles. The average molecular weight is 382 g/mol. The lowest BCUT2D eigenvalue weighted by Gasteiger charge is -2.12. The van der Waals surface area contributed by atoms with Crippen molar-refractivity contribution >= 4 is 46.1 Å². The molecule has 0 radical (unpaired) electrons. The molecule has 6 heteroatoms. The molecular weight excluding hydrogens is 362 g/mol. The Morgan fingerprint density at radius 1 is 1.19 bits per heavy atom. The summed E-state index contributed by atoms with van der Waals surface area (Å²) in [6, 6.07) is 16.9. The van der Waals surface area contributed by atoms with Crippen LogP contribution in [0.5, 0.6) is 0 Å². The van der Waals surface area contributed by atoms with Crippen LogP contribution in [0.15, 0.2) is 64.9 Å². The summed E-state index contributed by atoms with van der Waals surface area (Å²) in [7, 11) is 0. The molecule has 1 amide bonds. The van der Waals surface area contributed by atoms with Gasteiger partial charge in [0.1, 0.15) is 0 Å². The standard InChI is InChI=1S/C20H19N3OS2/c1-25-15-5-2-4-13(10-15)20(22)17-11-14(7-8-18(17)21)23-19(24)12-16-6-3-9-26-16/h2-11,22H,12,21H2,1H3,(H,23,24). The number of nitrogens with two attached hydrogens (primary N) is 1. The minimum atomic E-state index is -0.0842. The molecule has 0 fully saturated rings. The second-order valence-corrected chi connectivity index (χ2v) is 7.63. The lowest BCUT2D eigenvalue weighted by molar-refractivity contribution is -0.115. The van der Waals surface area contributed by atoms with Gasteiger partial charge in [-0.25, -0.2) is 0 Å². The Labute approximate surface area is 161 Å². The van der Waals surface area contributed by atoms with Gasteiger partial charge < -0.3 is 11.1 Å². The van der Waals surface area contributed by atoms with Gasteiger partial charge in [0.05, 0.1) is 12.1 Å². The fourth-order valence-electron chi connectivity index (χ4n) is 2.56. The van der Waals surface area contributed by atoms with Crippen molar-refractivity contribution in [2.45, 2.75) is 11.3 Å². The average Bonchev–Trinajstić information content (AvgIpc) is 3.15. The number of carbonyl (C=O) groups excluding carboxylic acids is 1. The molecule has 0 atom stereocenters. The molecule has 0 aliphatic rings. The van der Waals surface area contributed by atoms with Crippen molar-refractivity contribution in [2.24, 2.45) is 0 Å². The van der Waals surface area contributed by atoms with E-state index in [2.05, 4.69) is 5.32 Å². The monoisotopic (exact) mass is 381 g/mol. The summed E-state index contributed by atoms with van der Waals surface area (Å²) < 4.78 is 0. The summed E-state index contributed by atoms with van der Waals surface area (Å²) in [6.07, 6.45) is 2.34. The van der Waals surface area contributed by atoms with Gasteiger partial charge in [0.2, 0.25) is 5.91 Å². The van der Waals surface area contributed by atoms with Gasteiger partial charge in [-0.2, -0.15) is 0 Å². The van der Waals surface area contributed by atoms with E-state index < -0.39 is 0 Å². The van der Waals surface area contributed by atoms with Crippen LogP contribution in [0.25, 0.3) is 0 Å². The first kappa shape index (κ1) is 18.2. The summed E-state index contributed by atoms with van der Waals surface area (Å²) in [5.74, 6) is -0.0842. The van der Waals surface area contributed by atoms with Crippen molar-refractivity contribution in [3.8, 4) is 0 Å². The first-order valence-corrected chi connectivity index (χ1v) is 10.1. The van der Waals surface area contributed by atoms with E-state index in [1.54, 1.807) is 41.3 Å². The summed E-state index contributed by atoms with van der Waals surface area (Å²) in [5, 5.41) is 13.4. The van der Waals surface area contributed by atoms with Gasteiger partial charge in [0.25, 0.3) is 0 Å². The molecule has 4 N–H and O–H groups in total. The molecule has 0 saturated heterocycles. The molecule has 1 heterocycles. The lowest BCUT2D eigenvalue weighted by Crippen LogP contribution is -2.14. The predicted octanol–water partition coefficient (Wildman–Crippen LogP) is 4.65. The molecule has 3 aromatic rings. The van der Waals surface area contributed by atoms with E-state index in [0.717, 1.165) is 15.3 Å². The number of nitrogens with one attached hydrogen (secondary N) is 2. The number of anilines is 2. The van der Waals surface area contributed by atoms with Crippen molar-refractivity contribution in [3.05, 3.63) is 76.0 Å². The number of hydrogen-bond donors (Lipinski definition) is 3. The maximum absolute atomic E-state index is 12.2. The van der Waals surface area contributed by atoms with Gasteiger partial charge in [-0.05, 0) is 48.0 Å². The zero-order valence-electron chi connectivity index (χ0n) is 14.3. The van der Waals surface area contributed by atoms with Crippen LogP contribution in [0.2, 0.25) is 0 Å². The summed E-state index contributed by atoms with van der Waals surface area (Å²) in [4.78, 5) is 14.3. The third kappa shape index (κ3) is 4.33. The topological polar surface area (TPSA) is 79.0 Å². The van der Waals surface area contributed by atoms with Gasteiger partial charge in [0.15, 0.2) is 0 Å². The van der Waals surface area contributed by atoms with E-state index in [9.17, 15) is 4.79 Å². The third-order valence-electron chi connectivity index (χ3n) is 3.88. The highest BCUT2D eigenvalue weighted by Gasteiger charge is 2.12. The minimum absolute atomic E-state index is 0.0842. The largest absolute Gasteiger partial charge is 0.398 e. The second-order valence-electron chi connectivity index (χ2n) is 5.71. The van der Waals surface area contributed by atoms with Gasteiger partial charge in [-0.3, -0.25) is 10.2 Å². The number of thioether (sulfide) groups is 1. The molecule has 0 unspecified atom stereocenters. The van der Waals surface area contributed by atoms with E-state index in [4.69, 9.17) is 11.1 Å². The van der Waals surface area contributed by atoms with E-state index in [1.165, 1.54) is 0 Å². The molecule has 0 bridgehead atoms. The Hall–Kier alpha value is -2.57. The highest BCUT2D eigenvalue weighted by Crippen LogP contribution is 2.24. The zero-order valence-corrected chi connectivity index (χ0v) is 15.9. The Balaban J connectivity index is 1.80. The molecule has 26 heavy (non-hydrogen) atoms. The highest BCUT2D eigenvalue weighted by atomic mass is 32.2. The molecule has 2 aromatic carbocycles. The molecule has 0 aliphatic heterocycles. The van der Waals surface area contributed by atoms with E-state index >= 15 is 0 Å². The Bertz CT molecular complexity index is 936. The number of rotatable bonds is 6. The Kier molecular flexibility index (Phi) is 5.75. The summed E-state index contributed by atoms with van der Waals surface area (Å²) in [5.41, 5.74) is 8.98. The molecule has 0 aliphatic carbocycles. The second kappa shape index (κ2) is 8.21. The van der Waals surface area contributed by atoms with Crippen LogP contribution in [0.3, 0.4) is 0 Å². The highest BCUT2D eigenvalue weighted by molar-refractivity contribution is 7.98. The van der Waals surface area contributed by atoms with Gasteiger partial charge in [-0.15, -0.1) is 23.1 Å². The predicted molar refractivity (Wildman–Crippen MR) is 112 cm³/mol.